The Labute approximate surface area is 64.8 Å². The molecule has 11 heavy (non-hydrogen) atoms. The van der Waals surface area contributed by atoms with Crippen molar-refractivity contribution in [1.82, 2.24) is 0 Å². The lowest BCUT2D eigenvalue weighted by molar-refractivity contribution is -0.143. The quantitative estimate of drug-likeness (QED) is 0.648. The fraction of sp³-hybridized carbons (Fsp3) is 0.714. The molecule has 0 aromatic carbocycles. The van der Waals surface area contributed by atoms with Gasteiger partial charge in [0.25, 0.3) is 0 Å². The first-order chi connectivity index (χ1) is 5.13. The molecule has 1 rings (SSSR count). The predicted octanol–water partition coefficient (Wildman–Crippen LogP) is 1.11. The molecule has 0 unspecified atom stereocenters. The second kappa shape index (κ2) is 5.70. The largest absolute Gasteiger partial charge is 0.481 e. The third-order valence-electron chi connectivity index (χ3n) is 0.906. The van der Waals surface area contributed by atoms with E-state index in [0.29, 0.717) is 0 Å². The van der Waals surface area contributed by atoms with Gasteiger partial charge in [0.1, 0.15) is 0 Å². The van der Waals surface area contributed by atoms with Gasteiger partial charge < -0.3 is 10.2 Å². The maximum absolute atomic E-state index is 9.64. The summed E-state index contributed by atoms with van der Waals surface area (Å²) in [4.78, 5) is 19.3. The van der Waals surface area contributed by atoms with Crippen LogP contribution < -0.4 is 0 Å². The van der Waals surface area contributed by atoms with Gasteiger partial charge in [-0.3, -0.25) is 9.59 Å². The number of carboxylic acid groups (broad SMARTS) is 2. The van der Waals surface area contributed by atoms with Crippen molar-refractivity contribution < 1.29 is 19.8 Å². The summed E-state index contributed by atoms with van der Waals surface area (Å²) in [5.74, 6) is -2.15. The first-order valence-electron chi connectivity index (χ1n) is 3.56. The standard InChI is InChI=1S/C4H6O4.C3H6/c5-3(6)1-2-4(7)8;1-2-3-1/h1-2H2,(H,5,6)(H,7,8);1-3H2. The molecule has 0 amide bonds. The number of carboxylic acids is 2. The molecule has 0 heterocycles. The van der Waals surface area contributed by atoms with Crippen molar-refractivity contribution in [3.05, 3.63) is 0 Å². The molecular formula is C7H12O4. The van der Waals surface area contributed by atoms with Crippen molar-refractivity contribution in [1.29, 1.82) is 0 Å². The molecule has 0 aromatic heterocycles. The third-order valence-corrected chi connectivity index (χ3v) is 0.906. The summed E-state index contributed by atoms with van der Waals surface area (Å²) in [7, 11) is 0. The lowest BCUT2D eigenvalue weighted by atomic mass is 10.3. The lowest BCUT2D eigenvalue weighted by Gasteiger charge is -1.85. The number of rotatable bonds is 3. The van der Waals surface area contributed by atoms with Crippen molar-refractivity contribution in [2.75, 3.05) is 0 Å². The van der Waals surface area contributed by atoms with Crippen LogP contribution in [0.25, 0.3) is 0 Å². The molecule has 0 aromatic rings. The molecule has 1 saturated carbocycles. The van der Waals surface area contributed by atoms with Crippen LogP contribution in [-0.2, 0) is 9.59 Å². The van der Waals surface area contributed by atoms with E-state index in [1.165, 1.54) is 19.3 Å². The van der Waals surface area contributed by atoms with Crippen LogP contribution in [0.3, 0.4) is 0 Å². The van der Waals surface area contributed by atoms with Crippen molar-refractivity contribution in [2.24, 2.45) is 0 Å². The van der Waals surface area contributed by atoms with Crippen molar-refractivity contribution >= 4 is 11.9 Å². The fourth-order valence-electron chi connectivity index (χ4n) is 0.214. The summed E-state index contributed by atoms with van der Waals surface area (Å²) in [6.07, 6.45) is 3.91. The number of aliphatic carboxylic acids is 2. The Morgan fingerprint density at radius 1 is 0.909 bits per heavy atom. The van der Waals surface area contributed by atoms with Crippen molar-refractivity contribution in [2.45, 2.75) is 32.1 Å². The van der Waals surface area contributed by atoms with Crippen LogP contribution in [0.2, 0.25) is 0 Å². The van der Waals surface area contributed by atoms with Gasteiger partial charge >= 0.3 is 11.9 Å². The summed E-state index contributed by atoms with van der Waals surface area (Å²) < 4.78 is 0. The Balaban J connectivity index is 0.000000271. The van der Waals surface area contributed by atoms with Crippen LogP contribution in [0.4, 0.5) is 0 Å². The molecule has 0 saturated heterocycles. The van der Waals surface area contributed by atoms with E-state index in [-0.39, 0.29) is 12.8 Å². The molecule has 1 fully saturated rings. The van der Waals surface area contributed by atoms with E-state index in [2.05, 4.69) is 0 Å². The van der Waals surface area contributed by atoms with Crippen LogP contribution >= 0.6 is 0 Å². The first-order valence-corrected chi connectivity index (χ1v) is 3.56. The SMILES string of the molecule is C1CC1.O=C(O)CCC(=O)O. The van der Waals surface area contributed by atoms with Gasteiger partial charge in [0, 0.05) is 0 Å². The molecule has 2 N–H and O–H groups in total. The smallest absolute Gasteiger partial charge is 0.303 e. The molecular weight excluding hydrogens is 148 g/mol. The average Bonchev–Trinajstić information content (AvgIpc) is 2.67. The molecule has 0 spiro atoms. The predicted molar refractivity (Wildman–Crippen MR) is 38.4 cm³/mol. The van der Waals surface area contributed by atoms with Gasteiger partial charge in [0.15, 0.2) is 0 Å². The number of carbonyl (C=O) groups is 2. The second-order valence-electron chi connectivity index (χ2n) is 2.35. The topological polar surface area (TPSA) is 74.6 Å². The Hall–Kier alpha value is -1.06. The van der Waals surface area contributed by atoms with Gasteiger partial charge in [-0.25, -0.2) is 0 Å². The maximum atomic E-state index is 9.64. The van der Waals surface area contributed by atoms with Gasteiger partial charge in [-0.05, 0) is 0 Å². The monoisotopic (exact) mass is 160 g/mol. The Kier molecular flexibility index (Phi) is 5.15. The Bertz CT molecular complexity index is 123. The second-order valence-corrected chi connectivity index (χ2v) is 2.35. The number of hydrogen-bond acceptors (Lipinski definition) is 2. The highest BCUT2D eigenvalue weighted by Gasteiger charge is 2.00. The summed E-state index contributed by atoms with van der Waals surface area (Å²) in [5.41, 5.74) is 0. The minimum Gasteiger partial charge on any atom is -0.481 e. The van der Waals surface area contributed by atoms with Crippen molar-refractivity contribution in [3.8, 4) is 0 Å². The van der Waals surface area contributed by atoms with E-state index < -0.39 is 11.9 Å². The zero-order valence-electron chi connectivity index (χ0n) is 6.25. The highest BCUT2D eigenvalue weighted by Crippen LogP contribution is 2.14. The van der Waals surface area contributed by atoms with E-state index >= 15 is 0 Å². The highest BCUT2D eigenvalue weighted by molar-refractivity contribution is 5.75. The minimum atomic E-state index is -1.08. The third kappa shape index (κ3) is 17.6. The van der Waals surface area contributed by atoms with E-state index in [1.807, 2.05) is 0 Å². The Morgan fingerprint density at radius 2 is 1.18 bits per heavy atom. The highest BCUT2D eigenvalue weighted by atomic mass is 16.4. The van der Waals surface area contributed by atoms with E-state index in [4.69, 9.17) is 10.2 Å². The van der Waals surface area contributed by atoms with Crippen LogP contribution in [0.15, 0.2) is 0 Å². The van der Waals surface area contributed by atoms with Gasteiger partial charge in [-0.2, -0.15) is 0 Å². The van der Waals surface area contributed by atoms with E-state index in [1.54, 1.807) is 0 Å². The van der Waals surface area contributed by atoms with Crippen LogP contribution in [-0.4, -0.2) is 22.2 Å². The summed E-state index contributed by atoms with van der Waals surface area (Å²) in [6, 6.07) is 0. The zero-order valence-corrected chi connectivity index (χ0v) is 6.25. The van der Waals surface area contributed by atoms with Crippen LogP contribution in [0.5, 0.6) is 0 Å². The Morgan fingerprint density at radius 3 is 1.27 bits per heavy atom. The zero-order chi connectivity index (χ0) is 8.69. The van der Waals surface area contributed by atoms with Gasteiger partial charge in [0.2, 0.25) is 0 Å². The lowest BCUT2D eigenvalue weighted by Crippen LogP contribution is -2.00. The molecule has 0 radical (unpaired) electrons. The summed E-state index contributed by atoms with van der Waals surface area (Å²) in [6.45, 7) is 0. The van der Waals surface area contributed by atoms with Gasteiger partial charge in [0.05, 0.1) is 12.8 Å². The summed E-state index contributed by atoms with van der Waals surface area (Å²) in [5, 5.41) is 15.8. The van der Waals surface area contributed by atoms with Gasteiger partial charge in [-0.15, -0.1) is 0 Å². The molecule has 4 nitrogen and oxygen atoms in total. The molecule has 1 aliphatic carbocycles. The normalized spacial score (nSPS) is 12.7. The van der Waals surface area contributed by atoms with Gasteiger partial charge in [-0.1, -0.05) is 19.3 Å². The number of hydrogen-bond donors (Lipinski definition) is 2. The maximum Gasteiger partial charge on any atom is 0.303 e. The molecule has 0 aliphatic heterocycles. The van der Waals surface area contributed by atoms with Crippen LogP contribution in [0, 0.1) is 0 Å². The van der Waals surface area contributed by atoms with Crippen molar-refractivity contribution in [3.63, 3.8) is 0 Å². The van der Waals surface area contributed by atoms with E-state index in [0.717, 1.165) is 0 Å². The van der Waals surface area contributed by atoms with E-state index in [9.17, 15) is 9.59 Å². The summed E-state index contributed by atoms with van der Waals surface area (Å²) >= 11 is 0. The molecule has 4 heteroatoms. The molecule has 0 atom stereocenters. The minimum absolute atomic E-state index is 0.296. The molecule has 64 valence electrons. The first kappa shape index (κ1) is 9.94. The fourth-order valence-corrected chi connectivity index (χ4v) is 0.214. The average molecular weight is 160 g/mol. The molecule has 1 aliphatic rings. The van der Waals surface area contributed by atoms with Crippen LogP contribution in [0.1, 0.15) is 32.1 Å². The molecule has 0 bridgehead atoms.